The molecule has 0 aliphatic rings. The SMILES string of the molecule is CC(C)n1nc(C(=O)OCC(=O)Nc2cccc(Cl)c2)c2ccccc2c1=O. The molecule has 1 amide bonds. The molecule has 2 aromatic carbocycles. The number of esters is 1. The molecule has 3 aromatic rings. The molecule has 1 N–H and O–H groups in total. The van der Waals surface area contributed by atoms with Crippen LogP contribution in [0.2, 0.25) is 5.02 Å². The Morgan fingerprint density at radius 1 is 1.14 bits per heavy atom. The molecule has 1 heterocycles. The van der Waals surface area contributed by atoms with E-state index in [4.69, 9.17) is 16.3 Å². The Bertz CT molecular complexity index is 1110. The lowest BCUT2D eigenvalue weighted by Gasteiger charge is -2.13. The Morgan fingerprint density at radius 3 is 2.54 bits per heavy atom. The summed E-state index contributed by atoms with van der Waals surface area (Å²) in [4.78, 5) is 37.1. The number of rotatable bonds is 5. The minimum absolute atomic E-state index is 0.0144. The number of fused-ring (bicyclic) bond motifs is 1. The van der Waals surface area contributed by atoms with Gasteiger partial charge in [0.1, 0.15) is 0 Å². The number of hydrogen-bond donors (Lipinski definition) is 1. The Kier molecular flexibility index (Phi) is 5.75. The number of nitrogens with zero attached hydrogens (tertiary/aromatic N) is 2. The quantitative estimate of drug-likeness (QED) is 0.664. The molecule has 28 heavy (non-hydrogen) atoms. The average molecular weight is 400 g/mol. The largest absolute Gasteiger partial charge is 0.451 e. The van der Waals surface area contributed by atoms with E-state index in [1.165, 1.54) is 4.68 Å². The number of carbonyl (C=O) groups is 2. The van der Waals surface area contributed by atoms with E-state index >= 15 is 0 Å². The van der Waals surface area contributed by atoms with Crippen LogP contribution in [-0.4, -0.2) is 28.3 Å². The number of hydrogen-bond acceptors (Lipinski definition) is 5. The molecule has 144 valence electrons. The van der Waals surface area contributed by atoms with Gasteiger partial charge in [0.15, 0.2) is 12.3 Å². The third kappa shape index (κ3) is 4.20. The molecule has 0 aliphatic carbocycles. The minimum Gasteiger partial charge on any atom is -0.451 e. The van der Waals surface area contributed by atoms with Gasteiger partial charge >= 0.3 is 5.97 Å². The zero-order valence-corrected chi connectivity index (χ0v) is 16.1. The monoisotopic (exact) mass is 399 g/mol. The van der Waals surface area contributed by atoms with Gasteiger partial charge in [0.05, 0.1) is 11.4 Å². The maximum atomic E-state index is 12.6. The van der Waals surface area contributed by atoms with Gasteiger partial charge in [-0.15, -0.1) is 0 Å². The van der Waals surface area contributed by atoms with Crippen molar-refractivity contribution in [3.05, 3.63) is 69.6 Å². The first-order valence-corrected chi connectivity index (χ1v) is 8.98. The molecule has 0 unspecified atom stereocenters. The van der Waals surface area contributed by atoms with Crippen LogP contribution in [0, 0.1) is 0 Å². The van der Waals surface area contributed by atoms with Crippen molar-refractivity contribution in [2.24, 2.45) is 0 Å². The van der Waals surface area contributed by atoms with Crippen LogP contribution in [0.25, 0.3) is 10.8 Å². The highest BCUT2D eigenvalue weighted by Crippen LogP contribution is 2.17. The summed E-state index contributed by atoms with van der Waals surface area (Å²) in [5.41, 5.74) is 0.186. The van der Waals surface area contributed by atoms with Crippen LogP contribution in [-0.2, 0) is 9.53 Å². The van der Waals surface area contributed by atoms with Crippen molar-refractivity contribution >= 4 is 39.9 Å². The first-order chi connectivity index (χ1) is 13.4. The van der Waals surface area contributed by atoms with E-state index in [1.807, 2.05) is 0 Å². The number of carbonyl (C=O) groups excluding carboxylic acids is 2. The van der Waals surface area contributed by atoms with E-state index in [9.17, 15) is 14.4 Å². The summed E-state index contributed by atoms with van der Waals surface area (Å²) in [6.07, 6.45) is 0. The number of amides is 1. The van der Waals surface area contributed by atoms with E-state index in [0.717, 1.165) is 0 Å². The smallest absolute Gasteiger partial charge is 0.359 e. The van der Waals surface area contributed by atoms with E-state index in [2.05, 4.69) is 10.4 Å². The fourth-order valence-corrected chi connectivity index (χ4v) is 2.86. The summed E-state index contributed by atoms with van der Waals surface area (Å²) in [5, 5.41) is 7.96. The molecular formula is C20H18ClN3O4. The van der Waals surface area contributed by atoms with Gasteiger partial charge in [-0.2, -0.15) is 5.10 Å². The minimum atomic E-state index is -0.785. The first kappa shape index (κ1) is 19.6. The van der Waals surface area contributed by atoms with E-state index < -0.39 is 18.5 Å². The van der Waals surface area contributed by atoms with Crippen molar-refractivity contribution in [1.29, 1.82) is 0 Å². The molecule has 0 atom stereocenters. The molecule has 7 nitrogen and oxygen atoms in total. The van der Waals surface area contributed by atoms with Crippen molar-refractivity contribution < 1.29 is 14.3 Å². The van der Waals surface area contributed by atoms with E-state index in [-0.39, 0.29) is 17.3 Å². The summed E-state index contributed by atoms with van der Waals surface area (Å²) >= 11 is 5.87. The molecule has 0 saturated carbocycles. The molecule has 0 spiro atoms. The lowest BCUT2D eigenvalue weighted by molar-refractivity contribution is -0.119. The van der Waals surface area contributed by atoms with Crippen LogP contribution >= 0.6 is 11.6 Å². The molecule has 0 aliphatic heterocycles. The van der Waals surface area contributed by atoms with Crippen molar-refractivity contribution in [1.82, 2.24) is 9.78 Å². The van der Waals surface area contributed by atoms with Crippen LogP contribution in [0.15, 0.2) is 53.3 Å². The number of nitrogens with one attached hydrogen (secondary N) is 1. The van der Waals surface area contributed by atoms with Gasteiger partial charge in [-0.1, -0.05) is 35.9 Å². The Hall–Kier alpha value is -3.19. The number of ether oxygens (including phenoxy) is 1. The summed E-state index contributed by atoms with van der Waals surface area (Å²) in [5.74, 6) is -1.30. The van der Waals surface area contributed by atoms with Gasteiger partial charge in [0.25, 0.3) is 11.5 Å². The number of anilines is 1. The number of aromatic nitrogens is 2. The fraction of sp³-hybridized carbons (Fsp3) is 0.200. The molecule has 0 radical (unpaired) electrons. The molecule has 1 aromatic heterocycles. The van der Waals surface area contributed by atoms with Gasteiger partial charge in [-0.05, 0) is 38.1 Å². The molecule has 0 fully saturated rings. The number of halogens is 1. The highest BCUT2D eigenvalue weighted by Gasteiger charge is 2.20. The maximum Gasteiger partial charge on any atom is 0.359 e. The lowest BCUT2D eigenvalue weighted by atomic mass is 10.1. The third-order valence-corrected chi connectivity index (χ3v) is 4.19. The molecule has 3 rings (SSSR count). The predicted octanol–water partition coefficient (Wildman–Crippen LogP) is 3.43. The topological polar surface area (TPSA) is 90.3 Å². The second-order valence-electron chi connectivity index (χ2n) is 6.37. The highest BCUT2D eigenvalue weighted by molar-refractivity contribution is 6.30. The van der Waals surface area contributed by atoms with Crippen LogP contribution in [0.4, 0.5) is 5.69 Å². The van der Waals surface area contributed by atoms with Crippen LogP contribution in [0.1, 0.15) is 30.4 Å². The molecular weight excluding hydrogens is 382 g/mol. The summed E-state index contributed by atoms with van der Waals surface area (Å²) < 4.78 is 6.34. The van der Waals surface area contributed by atoms with Crippen molar-refractivity contribution in [3.63, 3.8) is 0 Å². The van der Waals surface area contributed by atoms with Gasteiger partial charge in [0.2, 0.25) is 0 Å². The molecule has 8 heteroatoms. The standard InChI is InChI=1S/C20H18ClN3O4/c1-12(2)24-19(26)16-9-4-3-8-15(16)18(23-24)20(27)28-11-17(25)22-14-7-5-6-13(21)10-14/h3-10,12H,11H2,1-2H3,(H,22,25). The summed E-state index contributed by atoms with van der Waals surface area (Å²) in [6.45, 7) is 3.08. The normalized spacial score (nSPS) is 10.9. The third-order valence-electron chi connectivity index (χ3n) is 3.95. The van der Waals surface area contributed by atoms with Crippen LogP contribution in [0.3, 0.4) is 0 Å². The Morgan fingerprint density at radius 2 is 1.86 bits per heavy atom. The lowest BCUT2D eigenvalue weighted by Crippen LogP contribution is -2.28. The van der Waals surface area contributed by atoms with Gasteiger partial charge < -0.3 is 10.1 Å². The maximum absolute atomic E-state index is 12.6. The Labute approximate surface area is 165 Å². The average Bonchev–Trinajstić information content (AvgIpc) is 2.66. The van der Waals surface area contributed by atoms with Crippen molar-refractivity contribution in [2.75, 3.05) is 11.9 Å². The van der Waals surface area contributed by atoms with Gasteiger partial charge in [0, 0.05) is 16.1 Å². The van der Waals surface area contributed by atoms with Crippen molar-refractivity contribution in [3.8, 4) is 0 Å². The second kappa shape index (κ2) is 8.22. The van der Waals surface area contributed by atoms with Crippen LogP contribution in [0.5, 0.6) is 0 Å². The zero-order valence-electron chi connectivity index (χ0n) is 15.3. The highest BCUT2D eigenvalue weighted by atomic mass is 35.5. The molecule has 0 saturated heterocycles. The predicted molar refractivity (Wildman–Crippen MR) is 107 cm³/mol. The number of benzene rings is 2. The Balaban J connectivity index is 1.81. The summed E-state index contributed by atoms with van der Waals surface area (Å²) in [6, 6.07) is 13.0. The van der Waals surface area contributed by atoms with E-state index in [1.54, 1.807) is 62.4 Å². The van der Waals surface area contributed by atoms with Gasteiger partial charge in [-0.3, -0.25) is 9.59 Å². The second-order valence-corrected chi connectivity index (χ2v) is 6.81. The zero-order chi connectivity index (χ0) is 20.3. The summed E-state index contributed by atoms with van der Waals surface area (Å²) in [7, 11) is 0. The van der Waals surface area contributed by atoms with Crippen LogP contribution < -0.4 is 10.9 Å². The first-order valence-electron chi connectivity index (χ1n) is 8.61. The van der Waals surface area contributed by atoms with Crippen molar-refractivity contribution in [2.45, 2.75) is 19.9 Å². The molecule has 0 bridgehead atoms. The van der Waals surface area contributed by atoms with E-state index in [0.29, 0.717) is 21.5 Å². The van der Waals surface area contributed by atoms with Gasteiger partial charge in [-0.25, -0.2) is 9.48 Å². The fourth-order valence-electron chi connectivity index (χ4n) is 2.67.